The molecule has 0 aromatic carbocycles. The molecule has 0 saturated carbocycles. The van der Waals surface area contributed by atoms with Crippen molar-refractivity contribution >= 4 is 5.91 Å². The lowest BCUT2D eigenvalue weighted by molar-refractivity contribution is -0.130. The van der Waals surface area contributed by atoms with Gasteiger partial charge in [-0.2, -0.15) is 0 Å². The molecule has 1 spiro atoms. The van der Waals surface area contributed by atoms with E-state index in [0.29, 0.717) is 26.1 Å². The van der Waals surface area contributed by atoms with Crippen LogP contribution in [0.3, 0.4) is 0 Å². The van der Waals surface area contributed by atoms with Gasteiger partial charge in [-0.1, -0.05) is 6.07 Å². The molecule has 0 N–H and O–H groups in total. The van der Waals surface area contributed by atoms with Gasteiger partial charge in [0.25, 0.3) is 5.88 Å². The van der Waals surface area contributed by atoms with E-state index >= 15 is 0 Å². The number of rotatable bonds is 4. The molecule has 26 heavy (non-hydrogen) atoms. The van der Waals surface area contributed by atoms with Gasteiger partial charge in [-0.25, -0.2) is 9.37 Å². The smallest absolute Gasteiger partial charge is 0.250 e. The second-order valence-corrected chi connectivity index (χ2v) is 6.79. The zero-order valence-corrected chi connectivity index (χ0v) is 14.3. The van der Waals surface area contributed by atoms with E-state index in [1.807, 2.05) is 23.1 Å². The Morgan fingerprint density at radius 3 is 3.00 bits per heavy atom. The number of ether oxygens (including phenoxy) is 2. The quantitative estimate of drug-likeness (QED) is 0.837. The molecule has 0 unspecified atom stereocenters. The van der Waals surface area contributed by atoms with Gasteiger partial charge < -0.3 is 14.4 Å². The number of hydrogen-bond donors (Lipinski definition) is 0. The molecule has 0 aliphatic carbocycles. The fourth-order valence-corrected chi connectivity index (χ4v) is 3.61. The molecule has 2 saturated heterocycles. The maximum atomic E-state index is 13.7. The predicted molar refractivity (Wildman–Crippen MR) is 91.0 cm³/mol. The molecule has 0 bridgehead atoms. The number of amides is 1. The number of likely N-dealkylation sites (tertiary alicyclic amines) is 1. The van der Waals surface area contributed by atoms with E-state index in [9.17, 15) is 9.18 Å². The van der Waals surface area contributed by atoms with Crippen LogP contribution in [-0.4, -0.2) is 52.2 Å². The first-order valence-corrected chi connectivity index (χ1v) is 8.72. The highest BCUT2D eigenvalue weighted by Crippen LogP contribution is 2.36. The number of aromatic nitrogens is 2. The second-order valence-electron chi connectivity index (χ2n) is 6.79. The van der Waals surface area contributed by atoms with Gasteiger partial charge in [0, 0.05) is 37.6 Å². The monoisotopic (exact) mass is 357 g/mol. The first-order valence-electron chi connectivity index (χ1n) is 8.72. The molecular formula is C19H20FN3O3. The topological polar surface area (TPSA) is 64.6 Å². The van der Waals surface area contributed by atoms with Gasteiger partial charge in [0.05, 0.1) is 18.6 Å². The second kappa shape index (κ2) is 6.99. The lowest BCUT2D eigenvalue weighted by atomic mass is 9.98. The van der Waals surface area contributed by atoms with Gasteiger partial charge in [-0.05, 0) is 30.7 Å². The van der Waals surface area contributed by atoms with Gasteiger partial charge in [-0.15, -0.1) is 0 Å². The molecule has 2 aromatic heterocycles. The van der Waals surface area contributed by atoms with Crippen molar-refractivity contribution in [3.05, 3.63) is 54.2 Å². The predicted octanol–water partition coefficient (Wildman–Crippen LogP) is 2.00. The summed E-state index contributed by atoms with van der Waals surface area (Å²) in [6.45, 7) is 1.55. The Labute approximate surface area is 151 Å². The van der Waals surface area contributed by atoms with E-state index in [1.165, 1.54) is 18.3 Å². The fraction of sp³-hybridized carbons (Fsp3) is 0.421. The minimum absolute atomic E-state index is 0.000712. The number of carbonyl (C=O) groups is 1. The zero-order valence-electron chi connectivity index (χ0n) is 14.3. The summed E-state index contributed by atoms with van der Waals surface area (Å²) in [7, 11) is 0. The molecule has 1 amide bonds. The lowest BCUT2D eigenvalue weighted by Crippen LogP contribution is -2.37. The summed E-state index contributed by atoms with van der Waals surface area (Å²) in [4.78, 5) is 22.5. The van der Waals surface area contributed by atoms with Crippen LogP contribution in [0.2, 0.25) is 0 Å². The van der Waals surface area contributed by atoms with Gasteiger partial charge in [0.2, 0.25) is 5.91 Å². The molecule has 2 aromatic rings. The molecule has 7 heteroatoms. The fourth-order valence-electron chi connectivity index (χ4n) is 3.61. The third-order valence-electron chi connectivity index (χ3n) is 4.91. The van der Waals surface area contributed by atoms with Gasteiger partial charge in [0.1, 0.15) is 6.10 Å². The molecular weight excluding hydrogens is 337 g/mol. The van der Waals surface area contributed by atoms with E-state index < -0.39 is 11.4 Å². The van der Waals surface area contributed by atoms with Crippen LogP contribution in [0.5, 0.6) is 5.88 Å². The van der Waals surface area contributed by atoms with E-state index in [4.69, 9.17) is 9.47 Å². The van der Waals surface area contributed by atoms with Gasteiger partial charge in [0.15, 0.2) is 5.82 Å². The molecule has 2 atom stereocenters. The first-order chi connectivity index (χ1) is 12.6. The highest BCUT2D eigenvalue weighted by atomic mass is 19.1. The molecule has 6 nitrogen and oxygen atoms in total. The Morgan fingerprint density at radius 2 is 2.19 bits per heavy atom. The number of hydrogen-bond acceptors (Lipinski definition) is 5. The van der Waals surface area contributed by atoms with Crippen molar-refractivity contribution in [2.24, 2.45) is 0 Å². The molecule has 136 valence electrons. The highest BCUT2D eigenvalue weighted by molar-refractivity contribution is 5.78. The van der Waals surface area contributed by atoms with Gasteiger partial charge >= 0.3 is 0 Å². The molecule has 2 aliphatic heterocycles. The normalized spacial score (nSPS) is 25.0. The largest absolute Gasteiger partial charge is 0.470 e. The summed E-state index contributed by atoms with van der Waals surface area (Å²) >= 11 is 0. The van der Waals surface area contributed by atoms with Crippen molar-refractivity contribution in [1.29, 1.82) is 0 Å². The Kier molecular flexibility index (Phi) is 4.55. The van der Waals surface area contributed by atoms with E-state index in [0.717, 1.165) is 12.1 Å². The number of nitrogens with zero attached hydrogens (tertiary/aromatic N) is 3. The van der Waals surface area contributed by atoms with Crippen LogP contribution in [0, 0.1) is 5.82 Å². The van der Waals surface area contributed by atoms with Crippen LogP contribution in [0.15, 0.2) is 42.7 Å². The molecule has 0 radical (unpaired) electrons. The first kappa shape index (κ1) is 16.9. The summed E-state index contributed by atoms with van der Waals surface area (Å²) < 4.78 is 25.3. The Balaban J connectivity index is 1.35. The highest BCUT2D eigenvalue weighted by Gasteiger charge is 2.47. The zero-order chi connectivity index (χ0) is 18.0. The number of halogens is 1. The average molecular weight is 357 g/mol. The van der Waals surface area contributed by atoms with Crippen molar-refractivity contribution in [1.82, 2.24) is 14.9 Å². The lowest BCUT2D eigenvalue weighted by Gasteiger charge is -2.23. The van der Waals surface area contributed by atoms with Crippen molar-refractivity contribution in [3.63, 3.8) is 0 Å². The van der Waals surface area contributed by atoms with Gasteiger partial charge in [-0.3, -0.25) is 9.78 Å². The van der Waals surface area contributed by atoms with Crippen LogP contribution in [0.1, 0.15) is 18.5 Å². The van der Waals surface area contributed by atoms with E-state index in [-0.39, 0.29) is 24.3 Å². The van der Waals surface area contributed by atoms with Crippen LogP contribution in [0.4, 0.5) is 4.39 Å². The summed E-state index contributed by atoms with van der Waals surface area (Å²) in [5.74, 6) is -0.435. The third kappa shape index (κ3) is 3.53. The van der Waals surface area contributed by atoms with Crippen LogP contribution >= 0.6 is 0 Å². The molecule has 2 aliphatic rings. The van der Waals surface area contributed by atoms with Crippen molar-refractivity contribution in [3.8, 4) is 5.88 Å². The summed E-state index contributed by atoms with van der Waals surface area (Å²) in [5.41, 5.74) is 0.355. The minimum Gasteiger partial charge on any atom is -0.470 e. The van der Waals surface area contributed by atoms with E-state index in [1.54, 1.807) is 6.20 Å². The Morgan fingerprint density at radius 1 is 1.31 bits per heavy atom. The number of pyridine rings is 2. The summed E-state index contributed by atoms with van der Waals surface area (Å²) in [6, 6.07) is 8.40. The third-order valence-corrected chi connectivity index (χ3v) is 4.91. The summed E-state index contributed by atoms with van der Waals surface area (Å²) in [6.07, 6.45) is 4.59. The van der Waals surface area contributed by atoms with Crippen molar-refractivity contribution in [2.75, 3.05) is 19.7 Å². The molecule has 4 heterocycles. The van der Waals surface area contributed by atoms with Crippen molar-refractivity contribution in [2.45, 2.75) is 31.0 Å². The van der Waals surface area contributed by atoms with Crippen LogP contribution < -0.4 is 4.74 Å². The summed E-state index contributed by atoms with van der Waals surface area (Å²) in [5, 5.41) is 0. The SMILES string of the molecule is O=C(Cc1ccccn1)N1CC[C@]2(C[C@H](Oc3ncccc3F)CO2)C1. The number of carbonyl (C=O) groups excluding carboxylic acids is 1. The van der Waals surface area contributed by atoms with Crippen LogP contribution in [0.25, 0.3) is 0 Å². The Hall–Kier alpha value is -2.54. The Bertz CT molecular complexity index is 789. The minimum atomic E-state index is -0.480. The maximum Gasteiger partial charge on any atom is 0.250 e. The standard InChI is InChI=1S/C19H20FN3O3/c20-16-5-3-8-22-18(16)26-15-11-19(25-12-15)6-9-23(13-19)17(24)10-14-4-1-2-7-21-14/h1-5,7-8,15H,6,9-13H2/t15-,19-/m0/s1. The van der Waals surface area contributed by atoms with Crippen LogP contribution in [-0.2, 0) is 16.0 Å². The molecule has 2 fully saturated rings. The molecule has 4 rings (SSSR count). The van der Waals surface area contributed by atoms with E-state index in [2.05, 4.69) is 9.97 Å². The average Bonchev–Trinajstić information content (AvgIpc) is 3.25. The van der Waals surface area contributed by atoms with Crippen molar-refractivity contribution < 1.29 is 18.7 Å². The maximum absolute atomic E-state index is 13.7.